The van der Waals surface area contributed by atoms with Crippen molar-refractivity contribution in [1.29, 1.82) is 0 Å². The van der Waals surface area contributed by atoms with Crippen LogP contribution in [0.3, 0.4) is 0 Å². The van der Waals surface area contributed by atoms with Gasteiger partial charge in [-0.15, -0.1) is 0 Å². The molecule has 2 rings (SSSR count). The van der Waals surface area contributed by atoms with E-state index in [0.29, 0.717) is 0 Å². The SMILES string of the molecule is CCCn1cncc1CN[C@H](C)c1ccccc1Cl. The number of halogens is 1. The number of nitrogens with zero attached hydrogens (tertiary/aromatic N) is 2. The molecule has 1 aromatic heterocycles. The van der Waals surface area contributed by atoms with E-state index in [2.05, 4.69) is 34.8 Å². The zero-order valence-corrected chi connectivity index (χ0v) is 12.2. The summed E-state index contributed by atoms with van der Waals surface area (Å²) >= 11 is 6.20. The minimum Gasteiger partial charge on any atom is -0.333 e. The van der Waals surface area contributed by atoms with Crippen LogP contribution >= 0.6 is 11.6 Å². The molecule has 0 unspecified atom stereocenters. The predicted octanol–water partition coefficient (Wildman–Crippen LogP) is 3.80. The zero-order valence-electron chi connectivity index (χ0n) is 11.4. The average Bonchev–Trinajstić information content (AvgIpc) is 2.84. The normalized spacial score (nSPS) is 12.6. The summed E-state index contributed by atoms with van der Waals surface area (Å²) in [6.07, 6.45) is 4.92. The summed E-state index contributed by atoms with van der Waals surface area (Å²) in [5, 5.41) is 4.31. The predicted molar refractivity (Wildman–Crippen MR) is 79.2 cm³/mol. The van der Waals surface area contributed by atoms with Crippen molar-refractivity contribution in [3.8, 4) is 0 Å². The molecule has 2 aromatic rings. The third kappa shape index (κ3) is 3.58. The van der Waals surface area contributed by atoms with Crippen LogP contribution in [0.15, 0.2) is 36.8 Å². The molecule has 0 saturated carbocycles. The van der Waals surface area contributed by atoms with Gasteiger partial charge in [0.2, 0.25) is 0 Å². The van der Waals surface area contributed by atoms with Crippen molar-refractivity contribution in [2.24, 2.45) is 0 Å². The molecule has 0 radical (unpaired) electrons. The Morgan fingerprint density at radius 1 is 1.37 bits per heavy atom. The fourth-order valence-corrected chi connectivity index (χ4v) is 2.43. The van der Waals surface area contributed by atoms with Crippen LogP contribution in [0, 0.1) is 0 Å². The van der Waals surface area contributed by atoms with E-state index >= 15 is 0 Å². The first-order valence-corrected chi connectivity index (χ1v) is 7.07. The second-order valence-corrected chi connectivity index (χ2v) is 5.11. The van der Waals surface area contributed by atoms with Gasteiger partial charge in [-0.2, -0.15) is 0 Å². The number of imidazole rings is 1. The van der Waals surface area contributed by atoms with E-state index in [1.54, 1.807) is 0 Å². The Morgan fingerprint density at radius 3 is 2.89 bits per heavy atom. The quantitative estimate of drug-likeness (QED) is 0.870. The van der Waals surface area contributed by atoms with Crippen LogP contribution in [0.2, 0.25) is 5.02 Å². The van der Waals surface area contributed by atoms with E-state index in [1.807, 2.05) is 30.7 Å². The highest BCUT2D eigenvalue weighted by molar-refractivity contribution is 6.31. The first-order valence-electron chi connectivity index (χ1n) is 6.69. The van der Waals surface area contributed by atoms with E-state index < -0.39 is 0 Å². The van der Waals surface area contributed by atoms with E-state index in [-0.39, 0.29) is 6.04 Å². The largest absolute Gasteiger partial charge is 0.333 e. The number of rotatable bonds is 6. The lowest BCUT2D eigenvalue weighted by Crippen LogP contribution is -2.20. The standard InChI is InChI=1S/C15H20ClN3/c1-3-8-19-11-17-9-13(19)10-18-12(2)14-6-4-5-7-15(14)16/h4-7,9,11-12,18H,3,8,10H2,1-2H3/t12-/m1/s1. The van der Waals surface area contributed by atoms with Gasteiger partial charge >= 0.3 is 0 Å². The first kappa shape index (κ1) is 14.1. The molecular formula is C15H20ClN3. The summed E-state index contributed by atoms with van der Waals surface area (Å²) in [5.41, 5.74) is 2.34. The Labute approximate surface area is 119 Å². The van der Waals surface area contributed by atoms with Gasteiger partial charge in [-0.05, 0) is 25.0 Å². The smallest absolute Gasteiger partial charge is 0.0948 e. The van der Waals surface area contributed by atoms with Gasteiger partial charge in [-0.25, -0.2) is 4.98 Å². The molecule has 1 heterocycles. The van der Waals surface area contributed by atoms with E-state index in [0.717, 1.165) is 30.1 Å². The van der Waals surface area contributed by atoms with Crippen molar-refractivity contribution in [1.82, 2.24) is 14.9 Å². The van der Waals surface area contributed by atoms with E-state index in [1.165, 1.54) is 5.69 Å². The molecule has 0 bridgehead atoms. The van der Waals surface area contributed by atoms with Crippen molar-refractivity contribution in [2.75, 3.05) is 0 Å². The van der Waals surface area contributed by atoms with Crippen molar-refractivity contribution >= 4 is 11.6 Å². The number of hydrogen-bond donors (Lipinski definition) is 1. The lowest BCUT2D eigenvalue weighted by molar-refractivity contribution is 0.542. The number of nitrogens with one attached hydrogen (secondary N) is 1. The summed E-state index contributed by atoms with van der Waals surface area (Å²) in [6.45, 7) is 6.11. The Morgan fingerprint density at radius 2 is 2.16 bits per heavy atom. The molecule has 1 aromatic carbocycles. The van der Waals surface area contributed by atoms with Crippen molar-refractivity contribution in [3.63, 3.8) is 0 Å². The number of aryl methyl sites for hydroxylation is 1. The molecule has 0 amide bonds. The molecule has 0 fully saturated rings. The summed E-state index contributed by atoms with van der Waals surface area (Å²) in [6, 6.07) is 8.17. The molecule has 0 aliphatic carbocycles. The second-order valence-electron chi connectivity index (χ2n) is 4.70. The number of hydrogen-bond acceptors (Lipinski definition) is 2. The number of benzene rings is 1. The topological polar surface area (TPSA) is 29.9 Å². The summed E-state index contributed by atoms with van der Waals surface area (Å²) in [5.74, 6) is 0. The Hall–Kier alpha value is -1.32. The molecular weight excluding hydrogens is 258 g/mol. The summed E-state index contributed by atoms with van der Waals surface area (Å²) in [4.78, 5) is 4.21. The van der Waals surface area contributed by atoms with Crippen molar-refractivity contribution < 1.29 is 0 Å². The third-order valence-electron chi connectivity index (χ3n) is 3.22. The van der Waals surface area contributed by atoms with Gasteiger partial charge < -0.3 is 9.88 Å². The molecule has 4 heteroatoms. The molecule has 0 saturated heterocycles. The fourth-order valence-electron chi connectivity index (χ4n) is 2.13. The maximum Gasteiger partial charge on any atom is 0.0948 e. The van der Waals surface area contributed by atoms with Crippen LogP contribution in [0.5, 0.6) is 0 Å². The minimum atomic E-state index is 0.221. The molecule has 0 spiro atoms. The lowest BCUT2D eigenvalue weighted by Gasteiger charge is -2.16. The van der Waals surface area contributed by atoms with Gasteiger partial charge in [0.25, 0.3) is 0 Å². The van der Waals surface area contributed by atoms with Crippen LogP contribution in [-0.4, -0.2) is 9.55 Å². The lowest BCUT2D eigenvalue weighted by atomic mass is 10.1. The first-order chi connectivity index (χ1) is 9.22. The third-order valence-corrected chi connectivity index (χ3v) is 3.57. The highest BCUT2D eigenvalue weighted by Gasteiger charge is 2.09. The van der Waals surface area contributed by atoms with E-state index in [9.17, 15) is 0 Å². The Bertz CT molecular complexity index is 522. The van der Waals surface area contributed by atoms with Gasteiger partial charge in [0.15, 0.2) is 0 Å². The second kappa shape index (κ2) is 6.73. The molecule has 19 heavy (non-hydrogen) atoms. The molecule has 0 aliphatic rings. The Balaban J connectivity index is 1.98. The number of aromatic nitrogens is 2. The van der Waals surface area contributed by atoms with Crippen LogP contribution in [0.1, 0.15) is 37.6 Å². The Kier molecular flexibility index (Phi) is 5.00. The van der Waals surface area contributed by atoms with Crippen molar-refractivity contribution in [2.45, 2.75) is 39.4 Å². The summed E-state index contributed by atoms with van der Waals surface area (Å²) < 4.78 is 2.19. The molecule has 0 aliphatic heterocycles. The van der Waals surface area contributed by atoms with Gasteiger partial charge in [-0.1, -0.05) is 36.7 Å². The monoisotopic (exact) mass is 277 g/mol. The van der Waals surface area contributed by atoms with Gasteiger partial charge in [0, 0.05) is 30.4 Å². The fraction of sp³-hybridized carbons (Fsp3) is 0.400. The molecule has 3 nitrogen and oxygen atoms in total. The zero-order chi connectivity index (χ0) is 13.7. The van der Waals surface area contributed by atoms with E-state index in [4.69, 9.17) is 11.6 Å². The van der Waals surface area contributed by atoms with Crippen LogP contribution in [0.25, 0.3) is 0 Å². The van der Waals surface area contributed by atoms with Gasteiger partial charge in [0.1, 0.15) is 0 Å². The van der Waals surface area contributed by atoms with Crippen molar-refractivity contribution in [3.05, 3.63) is 53.1 Å². The van der Waals surface area contributed by atoms with Crippen LogP contribution in [0.4, 0.5) is 0 Å². The highest BCUT2D eigenvalue weighted by atomic mass is 35.5. The molecule has 1 atom stereocenters. The highest BCUT2D eigenvalue weighted by Crippen LogP contribution is 2.22. The van der Waals surface area contributed by atoms with Gasteiger partial charge in [-0.3, -0.25) is 0 Å². The maximum absolute atomic E-state index is 6.20. The van der Waals surface area contributed by atoms with Gasteiger partial charge in [0.05, 0.1) is 12.0 Å². The molecule has 102 valence electrons. The average molecular weight is 278 g/mol. The van der Waals surface area contributed by atoms with Crippen LogP contribution in [-0.2, 0) is 13.1 Å². The minimum absolute atomic E-state index is 0.221. The summed E-state index contributed by atoms with van der Waals surface area (Å²) in [7, 11) is 0. The van der Waals surface area contributed by atoms with Crippen LogP contribution < -0.4 is 5.32 Å². The molecule has 1 N–H and O–H groups in total. The maximum atomic E-state index is 6.20.